The van der Waals surface area contributed by atoms with E-state index in [1.807, 2.05) is 18.2 Å². The highest BCUT2D eigenvalue weighted by Crippen LogP contribution is 2.27. The van der Waals surface area contributed by atoms with Gasteiger partial charge in [0, 0.05) is 12.2 Å². The Morgan fingerprint density at radius 2 is 2.47 bits per heavy atom. The SMILES string of the molecule is NC1=NS(=O)NC2=CCCC(/C=C/CCO)=C21. The van der Waals surface area contributed by atoms with Crippen LogP contribution < -0.4 is 10.5 Å². The zero-order valence-corrected chi connectivity index (χ0v) is 10.2. The lowest BCUT2D eigenvalue weighted by molar-refractivity contribution is 0.302. The molecule has 0 aromatic rings. The van der Waals surface area contributed by atoms with Crippen LogP contribution >= 0.6 is 0 Å². The number of hydrogen-bond donors (Lipinski definition) is 3. The third-order valence-corrected chi connectivity index (χ3v) is 3.36. The summed E-state index contributed by atoms with van der Waals surface area (Å²) in [5.41, 5.74) is 8.52. The maximum atomic E-state index is 11.3. The molecule has 0 radical (unpaired) electrons. The molecule has 0 fully saturated rings. The molecule has 5 nitrogen and oxygen atoms in total. The minimum Gasteiger partial charge on any atom is -0.396 e. The molecule has 1 aliphatic heterocycles. The number of rotatable bonds is 3. The quantitative estimate of drug-likeness (QED) is 0.682. The molecule has 0 saturated carbocycles. The van der Waals surface area contributed by atoms with Crippen molar-refractivity contribution >= 4 is 17.0 Å². The fraction of sp³-hybridized carbons (Fsp3) is 0.364. The molecule has 2 rings (SSSR count). The highest BCUT2D eigenvalue weighted by atomic mass is 32.2. The largest absolute Gasteiger partial charge is 0.396 e. The first-order valence-corrected chi connectivity index (χ1v) is 6.57. The van der Waals surface area contributed by atoms with Crippen molar-refractivity contribution in [1.29, 1.82) is 0 Å². The van der Waals surface area contributed by atoms with Crippen molar-refractivity contribution < 1.29 is 9.32 Å². The molecule has 0 saturated heterocycles. The van der Waals surface area contributed by atoms with Gasteiger partial charge in [-0.25, -0.2) is 4.21 Å². The number of fused-ring (bicyclic) bond motifs is 1. The summed E-state index contributed by atoms with van der Waals surface area (Å²) < 4.78 is 17.9. The molecule has 17 heavy (non-hydrogen) atoms. The van der Waals surface area contributed by atoms with Crippen LogP contribution in [0.2, 0.25) is 0 Å². The number of amidine groups is 1. The molecule has 1 aliphatic carbocycles. The Morgan fingerprint density at radius 1 is 1.65 bits per heavy atom. The number of aliphatic hydroxyl groups excluding tert-OH is 1. The van der Waals surface area contributed by atoms with E-state index in [1.54, 1.807) is 0 Å². The van der Waals surface area contributed by atoms with Crippen molar-refractivity contribution in [3.8, 4) is 0 Å². The molecule has 0 aromatic heterocycles. The third kappa shape index (κ3) is 2.65. The Kier molecular flexibility index (Phi) is 3.75. The molecule has 0 spiro atoms. The maximum absolute atomic E-state index is 11.3. The van der Waals surface area contributed by atoms with E-state index in [0.29, 0.717) is 12.3 Å². The van der Waals surface area contributed by atoms with Gasteiger partial charge >= 0.3 is 0 Å². The minimum atomic E-state index is -1.46. The number of nitrogens with one attached hydrogen (secondary N) is 1. The van der Waals surface area contributed by atoms with Gasteiger partial charge in [-0.3, -0.25) is 4.72 Å². The third-order valence-electron chi connectivity index (χ3n) is 2.60. The lowest BCUT2D eigenvalue weighted by Crippen LogP contribution is -2.33. The van der Waals surface area contributed by atoms with Crippen LogP contribution in [0, 0.1) is 0 Å². The fourth-order valence-corrected chi connectivity index (χ4v) is 2.57. The van der Waals surface area contributed by atoms with E-state index in [-0.39, 0.29) is 6.61 Å². The first-order valence-electron chi connectivity index (χ1n) is 5.46. The van der Waals surface area contributed by atoms with E-state index in [1.165, 1.54) is 0 Å². The Hall–Kier alpha value is -1.40. The zero-order valence-electron chi connectivity index (χ0n) is 9.35. The van der Waals surface area contributed by atoms with Crippen LogP contribution in [-0.4, -0.2) is 21.8 Å². The topological polar surface area (TPSA) is 87.7 Å². The Bertz CT molecular complexity index is 463. The van der Waals surface area contributed by atoms with Gasteiger partial charge in [0.2, 0.25) is 11.2 Å². The number of allylic oxidation sites excluding steroid dienone is 3. The van der Waals surface area contributed by atoms with Crippen LogP contribution in [-0.2, 0) is 11.2 Å². The van der Waals surface area contributed by atoms with Crippen LogP contribution in [0.5, 0.6) is 0 Å². The van der Waals surface area contributed by atoms with E-state index in [2.05, 4.69) is 9.12 Å². The standard InChI is InChI=1S/C11H15N3O2S/c12-11-10-8(4-1-2-7-15)5-3-6-9(10)13-17(16)14-11/h1,4,6,13,15H,2-3,5,7H2,(H2,12,14)/b4-1+. The van der Waals surface area contributed by atoms with Crippen LogP contribution in [0.25, 0.3) is 0 Å². The molecule has 1 heterocycles. The molecule has 2 aliphatic rings. The number of hydrogen-bond acceptors (Lipinski definition) is 3. The number of aliphatic hydroxyl groups is 1. The highest BCUT2D eigenvalue weighted by molar-refractivity contribution is 7.82. The van der Waals surface area contributed by atoms with Crippen molar-refractivity contribution in [3.05, 3.63) is 35.1 Å². The molecule has 1 atom stereocenters. The van der Waals surface area contributed by atoms with Gasteiger partial charge in [0.25, 0.3) is 0 Å². The summed E-state index contributed by atoms with van der Waals surface area (Å²) in [4.78, 5) is 0. The normalized spacial score (nSPS) is 24.2. The molecule has 4 N–H and O–H groups in total. The first kappa shape index (κ1) is 12.1. The summed E-state index contributed by atoms with van der Waals surface area (Å²) in [7, 11) is 0. The summed E-state index contributed by atoms with van der Waals surface area (Å²) in [6.07, 6.45) is 8.23. The second-order valence-electron chi connectivity index (χ2n) is 3.80. The molecule has 92 valence electrons. The summed E-state index contributed by atoms with van der Waals surface area (Å²) in [6.45, 7) is 0.133. The average molecular weight is 253 g/mol. The monoisotopic (exact) mass is 253 g/mol. The lowest BCUT2D eigenvalue weighted by atomic mass is 9.93. The van der Waals surface area contributed by atoms with Gasteiger partial charge in [0.05, 0.1) is 5.70 Å². The zero-order chi connectivity index (χ0) is 12.3. The second-order valence-corrected chi connectivity index (χ2v) is 4.68. The molecular weight excluding hydrogens is 238 g/mol. The first-order chi connectivity index (χ1) is 8.22. The van der Waals surface area contributed by atoms with Gasteiger partial charge in [0.1, 0.15) is 5.84 Å². The Labute approximate surface area is 103 Å². The predicted molar refractivity (Wildman–Crippen MR) is 68.1 cm³/mol. The second kappa shape index (κ2) is 5.29. The van der Waals surface area contributed by atoms with E-state index in [0.717, 1.165) is 29.7 Å². The van der Waals surface area contributed by atoms with Gasteiger partial charge in [-0.15, -0.1) is 0 Å². The van der Waals surface area contributed by atoms with Crippen LogP contribution in [0.3, 0.4) is 0 Å². The highest BCUT2D eigenvalue weighted by Gasteiger charge is 2.23. The van der Waals surface area contributed by atoms with Crippen molar-refractivity contribution in [2.24, 2.45) is 10.1 Å². The van der Waals surface area contributed by atoms with Gasteiger partial charge in [-0.1, -0.05) is 18.2 Å². The molecule has 0 amide bonds. The number of nitrogens with two attached hydrogens (primary N) is 1. The summed E-state index contributed by atoms with van der Waals surface area (Å²) >= 11 is -1.46. The molecule has 6 heteroatoms. The van der Waals surface area contributed by atoms with Crippen molar-refractivity contribution in [2.45, 2.75) is 19.3 Å². The van der Waals surface area contributed by atoms with Crippen molar-refractivity contribution in [2.75, 3.05) is 6.61 Å². The van der Waals surface area contributed by atoms with Crippen molar-refractivity contribution in [1.82, 2.24) is 4.72 Å². The van der Waals surface area contributed by atoms with Crippen LogP contribution in [0.4, 0.5) is 0 Å². The van der Waals surface area contributed by atoms with E-state index >= 15 is 0 Å². The smallest absolute Gasteiger partial charge is 0.244 e. The van der Waals surface area contributed by atoms with Crippen molar-refractivity contribution in [3.63, 3.8) is 0 Å². The minimum absolute atomic E-state index is 0.133. The summed E-state index contributed by atoms with van der Waals surface area (Å²) in [5, 5.41) is 8.74. The van der Waals surface area contributed by atoms with Gasteiger partial charge in [-0.05, 0) is 24.8 Å². The average Bonchev–Trinajstić information content (AvgIpc) is 2.28. The lowest BCUT2D eigenvalue weighted by Gasteiger charge is -2.23. The Morgan fingerprint density at radius 3 is 3.24 bits per heavy atom. The molecular formula is C11H15N3O2S. The summed E-state index contributed by atoms with van der Waals surface area (Å²) in [5.74, 6) is 0.316. The predicted octanol–water partition coefficient (Wildman–Crippen LogP) is 0.438. The molecule has 0 aromatic carbocycles. The van der Waals surface area contributed by atoms with E-state index < -0.39 is 11.2 Å². The molecule has 0 bridgehead atoms. The maximum Gasteiger partial charge on any atom is 0.244 e. The van der Waals surface area contributed by atoms with Gasteiger partial charge < -0.3 is 10.8 Å². The number of nitrogens with zero attached hydrogens (tertiary/aromatic N) is 1. The summed E-state index contributed by atoms with van der Waals surface area (Å²) in [6, 6.07) is 0. The van der Waals surface area contributed by atoms with E-state index in [9.17, 15) is 4.21 Å². The van der Waals surface area contributed by atoms with E-state index in [4.69, 9.17) is 10.8 Å². The Balaban J connectivity index is 2.35. The fourth-order valence-electron chi connectivity index (χ4n) is 1.89. The van der Waals surface area contributed by atoms with Gasteiger partial charge in [0.15, 0.2) is 0 Å². The van der Waals surface area contributed by atoms with Crippen LogP contribution in [0.15, 0.2) is 39.5 Å². The molecule has 1 unspecified atom stereocenters. The van der Waals surface area contributed by atoms with Crippen LogP contribution in [0.1, 0.15) is 19.3 Å². The van der Waals surface area contributed by atoms with Gasteiger partial charge in [-0.2, -0.15) is 4.40 Å².